The molecule has 3 N–H and O–H groups in total. The third-order valence-corrected chi connectivity index (χ3v) is 2.34. The van der Waals surface area contributed by atoms with Gasteiger partial charge < -0.3 is 15.5 Å². The molecule has 7 heteroatoms. The number of H-pyrrole nitrogens is 1. The smallest absolute Gasteiger partial charge is 0.261 e. The van der Waals surface area contributed by atoms with Crippen molar-refractivity contribution >= 4 is 5.82 Å². The molecule has 0 bridgehead atoms. The molecular formula is C11H17F2N3O2. The molecule has 102 valence electrons. The molecule has 0 unspecified atom stereocenters. The topological polar surface area (TPSA) is 81.0 Å². The molecule has 0 aliphatic carbocycles. The Labute approximate surface area is 103 Å². The minimum Gasteiger partial charge on any atom is -0.383 e. The zero-order valence-electron chi connectivity index (χ0n) is 10.4. The van der Waals surface area contributed by atoms with E-state index in [1.807, 2.05) is 13.8 Å². The number of nitrogen functional groups attached to an aromatic ring is 1. The highest BCUT2D eigenvalue weighted by Gasteiger charge is 2.12. The van der Waals surface area contributed by atoms with Gasteiger partial charge in [-0.3, -0.25) is 4.79 Å². The first-order valence-electron chi connectivity index (χ1n) is 5.66. The predicted octanol–water partition coefficient (Wildman–Crippen LogP) is 1.30. The van der Waals surface area contributed by atoms with Gasteiger partial charge in [0.1, 0.15) is 18.2 Å². The highest BCUT2D eigenvalue weighted by atomic mass is 19.3. The predicted molar refractivity (Wildman–Crippen MR) is 63.9 cm³/mol. The molecule has 1 aromatic rings. The van der Waals surface area contributed by atoms with E-state index in [9.17, 15) is 13.6 Å². The second-order valence-electron chi connectivity index (χ2n) is 4.18. The summed E-state index contributed by atoms with van der Waals surface area (Å²) in [4.78, 5) is 18.3. The Kier molecular flexibility index (Phi) is 5.21. The molecule has 1 heterocycles. The van der Waals surface area contributed by atoms with Crippen molar-refractivity contribution in [3.8, 4) is 0 Å². The van der Waals surface area contributed by atoms with E-state index in [-0.39, 0.29) is 30.3 Å². The van der Waals surface area contributed by atoms with Crippen LogP contribution in [0, 0.1) is 0 Å². The number of nitrogens with zero attached hydrogens (tertiary/aromatic N) is 1. The summed E-state index contributed by atoms with van der Waals surface area (Å²) in [7, 11) is 0. The van der Waals surface area contributed by atoms with Crippen molar-refractivity contribution in [1.29, 1.82) is 0 Å². The lowest BCUT2D eigenvalue weighted by Gasteiger charge is -2.09. The zero-order chi connectivity index (χ0) is 13.7. The third-order valence-electron chi connectivity index (χ3n) is 2.34. The van der Waals surface area contributed by atoms with Crippen LogP contribution in [0.3, 0.4) is 0 Å². The lowest BCUT2D eigenvalue weighted by atomic mass is 10.1. The summed E-state index contributed by atoms with van der Waals surface area (Å²) in [6.07, 6.45) is -2.25. The Morgan fingerprint density at radius 3 is 2.61 bits per heavy atom. The van der Waals surface area contributed by atoms with Gasteiger partial charge in [0.2, 0.25) is 0 Å². The molecule has 5 nitrogen and oxygen atoms in total. The zero-order valence-corrected chi connectivity index (χ0v) is 10.4. The Hall–Kier alpha value is -1.50. The molecule has 0 aliphatic heterocycles. The van der Waals surface area contributed by atoms with Gasteiger partial charge in [-0.25, -0.2) is 13.8 Å². The van der Waals surface area contributed by atoms with Crippen LogP contribution in [0.4, 0.5) is 14.6 Å². The highest BCUT2D eigenvalue weighted by Crippen LogP contribution is 2.14. The number of rotatable bonds is 6. The first-order valence-corrected chi connectivity index (χ1v) is 5.66. The van der Waals surface area contributed by atoms with Gasteiger partial charge in [-0.2, -0.15) is 0 Å². The minimum atomic E-state index is -2.50. The Balaban J connectivity index is 2.66. The molecular weight excluding hydrogens is 244 g/mol. The minimum absolute atomic E-state index is 0.0228. The number of ether oxygens (including phenoxy) is 1. The van der Waals surface area contributed by atoms with Crippen LogP contribution >= 0.6 is 0 Å². The van der Waals surface area contributed by atoms with E-state index in [1.165, 1.54) is 0 Å². The van der Waals surface area contributed by atoms with Crippen LogP contribution in [0.15, 0.2) is 4.79 Å². The van der Waals surface area contributed by atoms with Crippen molar-refractivity contribution in [2.24, 2.45) is 0 Å². The largest absolute Gasteiger partial charge is 0.383 e. The van der Waals surface area contributed by atoms with Crippen molar-refractivity contribution < 1.29 is 13.5 Å². The van der Waals surface area contributed by atoms with E-state index in [0.717, 1.165) is 0 Å². The second kappa shape index (κ2) is 6.44. The van der Waals surface area contributed by atoms with Crippen LogP contribution in [0.5, 0.6) is 0 Å². The van der Waals surface area contributed by atoms with Crippen LogP contribution < -0.4 is 11.3 Å². The fourth-order valence-corrected chi connectivity index (χ4v) is 1.57. The maximum atomic E-state index is 11.8. The van der Waals surface area contributed by atoms with Gasteiger partial charge in [-0.05, 0) is 5.92 Å². The summed E-state index contributed by atoms with van der Waals surface area (Å²) in [5.41, 5.74) is 5.83. The molecule has 0 saturated carbocycles. The lowest BCUT2D eigenvalue weighted by Crippen LogP contribution is -2.21. The number of nitrogens with two attached hydrogens (primary N) is 1. The van der Waals surface area contributed by atoms with Crippen LogP contribution in [0.1, 0.15) is 31.2 Å². The molecule has 1 rings (SSSR count). The average molecular weight is 261 g/mol. The Bertz CT molecular complexity index is 446. The average Bonchev–Trinajstić information content (AvgIpc) is 2.22. The third kappa shape index (κ3) is 4.06. The van der Waals surface area contributed by atoms with E-state index >= 15 is 0 Å². The van der Waals surface area contributed by atoms with Gasteiger partial charge in [-0.15, -0.1) is 0 Å². The van der Waals surface area contributed by atoms with Crippen molar-refractivity contribution in [3.63, 3.8) is 0 Å². The first-order chi connectivity index (χ1) is 8.41. The summed E-state index contributed by atoms with van der Waals surface area (Å²) in [6.45, 7) is 3.12. The number of hydrogen-bond acceptors (Lipinski definition) is 4. The van der Waals surface area contributed by atoms with Gasteiger partial charge >= 0.3 is 0 Å². The van der Waals surface area contributed by atoms with Gasteiger partial charge in [0.15, 0.2) is 0 Å². The van der Waals surface area contributed by atoms with Crippen molar-refractivity contribution in [3.05, 3.63) is 21.7 Å². The molecule has 0 saturated heterocycles. The summed E-state index contributed by atoms with van der Waals surface area (Å²) in [6, 6.07) is 0. The first kappa shape index (κ1) is 14.6. The molecule has 0 aromatic carbocycles. The van der Waals surface area contributed by atoms with Gasteiger partial charge in [0.25, 0.3) is 12.0 Å². The van der Waals surface area contributed by atoms with Crippen molar-refractivity contribution in [2.75, 3.05) is 18.9 Å². The monoisotopic (exact) mass is 261 g/mol. The summed E-state index contributed by atoms with van der Waals surface area (Å²) < 4.78 is 28.3. The number of alkyl halides is 2. The SMILES string of the molecule is CC(C)c1c(N)nc(CCOCC(F)F)[nH]c1=O. The molecule has 0 atom stereocenters. The van der Waals surface area contributed by atoms with Gasteiger partial charge in [-0.1, -0.05) is 13.8 Å². The number of nitrogens with one attached hydrogen (secondary N) is 1. The second-order valence-corrected chi connectivity index (χ2v) is 4.18. The molecule has 0 amide bonds. The summed E-state index contributed by atoms with van der Waals surface area (Å²) in [5, 5.41) is 0. The number of aromatic amines is 1. The summed E-state index contributed by atoms with van der Waals surface area (Å²) >= 11 is 0. The number of aromatic nitrogens is 2. The highest BCUT2D eigenvalue weighted by molar-refractivity contribution is 5.39. The van der Waals surface area contributed by atoms with E-state index in [1.54, 1.807) is 0 Å². The van der Waals surface area contributed by atoms with Gasteiger partial charge in [0.05, 0.1) is 12.2 Å². The van der Waals surface area contributed by atoms with Crippen LogP contribution in [-0.2, 0) is 11.2 Å². The maximum Gasteiger partial charge on any atom is 0.261 e. The quantitative estimate of drug-likeness (QED) is 0.756. The number of halogens is 2. The number of hydrogen-bond donors (Lipinski definition) is 2. The summed E-state index contributed by atoms with van der Waals surface area (Å²) in [5.74, 6) is 0.499. The van der Waals surface area contributed by atoms with E-state index in [4.69, 9.17) is 10.5 Å². The van der Waals surface area contributed by atoms with Crippen LogP contribution in [0.2, 0.25) is 0 Å². The maximum absolute atomic E-state index is 11.8. The molecule has 0 aliphatic rings. The van der Waals surface area contributed by atoms with Gasteiger partial charge in [0, 0.05) is 6.42 Å². The number of anilines is 1. The molecule has 0 radical (unpaired) electrons. The van der Waals surface area contributed by atoms with E-state index in [2.05, 4.69) is 9.97 Å². The van der Waals surface area contributed by atoms with Crippen LogP contribution in [0.25, 0.3) is 0 Å². The standard InChI is InChI=1S/C11H17F2N3O2/c1-6(2)9-10(14)15-8(16-11(9)17)3-4-18-5-7(12)13/h6-7H,3-5H2,1-2H3,(H3,14,15,16,17). The molecule has 0 spiro atoms. The van der Waals surface area contributed by atoms with Crippen LogP contribution in [-0.4, -0.2) is 29.6 Å². The van der Waals surface area contributed by atoms with E-state index in [0.29, 0.717) is 11.4 Å². The van der Waals surface area contributed by atoms with Crippen molar-refractivity contribution in [2.45, 2.75) is 32.6 Å². The lowest BCUT2D eigenvalue weighted by molar-refractivity contribution is 0.0183. The fraction of sp³-hybridized carbons (Fsp3) is 0.636. The molecule has 0 fully saturated rings. The normalized spacial score (nSPS) is 11.4. The van der Waals surface area contributed by atoms with Crippen molar-refractivity contribution in [1.82, 2.24) is 9.97 Å². The Morgan fingerprint density at radius 2 is 2.11 bits per heavy atom. The van der Waals surface area contributed by atoms with E-state index < -0.39 is 13.0 Å². The fourth-order valence-electron chi connectivity index (χ4n) is 1.57. The Morgan fingerprint density at radius 1 is 1.44 bits per heavy atom. The molecule has 1 aromatic heterocycles. The molecule has 18 heavy (non-hydrogen) atoms.